The van der Waals surface area contributed by atoms with Gasteiger partial charge >= 0.3 is 11.8 Å². The Bertz CT molecular complexity index is 431. The van der Waals surface area contributed by atoms with Crippen LogP contribution >= 0.6 is 0 Å². The minimum Gasteiger partial charge on any atom is -0.370 e. The number of carbonyl (C=O) groups is 3. The molecule has 6 heteroatoms. The van der Waals surface area contributed by atoms with Gasteiger partial charge in [0, 0.05) is 19.5 Å². The predicted molar refractivity (Wildman–Crippen MR) is 65.1 cm³/mol. The molecule has 0 aliphatic carbocycles. The lowest BCUT2D eigenvalue weighted by Crippen LogP contribution is -2.40. The Kier molecular flexibility index (Phi) is 5.37. The van der Waals surface area contributed by atoms with Gasteiger partial charge in [-0.1, -0.05) is 30.3 Å². The van der Waals surface area contributed by atoms with Crippen molar-refractivity contribution in [3.05, 3.63) is 35.9 Å². The normalized spacial score (nSPS) is 9.56. The van der Waals surface area contributed by atoms with Gasteiger partial charge in [0.25, 0.3) is 0 Å². The molecule has 0 spiro atoms. The lowest BCUT2D eigenvalue weighted by Gasteiger charge is -2.05. The van der Waals surface area contributed by atoms with Crippen LogP contribution in [0.15, 0.2) is 30.3 Å². The van der Waals surface area contributed by atoms with E-state index in [9.17, 15) is 14.4 Å². The van der Waals surface area contributed by atoms with Crippen molar-refractivity contribution in [2.75, 3.05) is 6.54 Å². The second-order valence-electron chi connectivity index (χ2n) is 3.64. The number of rotatable bonds is 5. The zero-order valence-electron chi connectivity index (χ0n) is 9.81. The first-order valence-electron chi connectivity index (χ1n) is 5.48. The fraction of sp³-hybridized carbons (Fsp3) is 0.250. The maximum absolute atomic E-state index is 11.4. The zero-order chi connectivity index (χ0) is 13.4. The van der Waals surface area contributed by atoms with Crippen molar-refractivity contribution < 1.29 is 14.4 Å². The van der Waals surface area contributed by atoms with E-state index in [0.29, 0.717) is 0 Å². The van der Waals surface area contributed by atoms with Crippen molar-refractivity contribution in [2.45, 2.75) is 13.0 Å². The molecule has 3 amide bonds. The van der Waals surface area contributed by atoms with E-state index in [4.69, 9.17) is 5.73 Å². The van der Waals surface area contributed by atoms with E-state index in [-0.39, 0.29) is 19.5 Å². The molecule has 18 heavy (non-hydrogen) atoms. The van der Waals surface area contributed by atoms with Gasteiger partial charge in [0.1, 0.15) is 0 Å². The maximum Gasteiger partial charge on any atom is 0.309 e. The molecule has 6 nitrogen and oxygen atoms in total. The van der Waals surface area contributed by atoms with Gasteiger partial charge in [0.05, 0.1) is 0 Å². The molecule has 0 aromatic heterocycles. The molecule has 4 N–H and O–H groups in total. The van der Waals surface area contributed by atoms with Gasteiger partial charge in [0.15, 0.2) is 0 Å². The second kappa shape index (κ2) is 7.05. The van der Waals surface area contributed by atoms with Crippen LogP contribution in [0.4, 0.5) is 0 Å². The van der Waals surface area contributed by atoms with Crippen molar-refractivity contribution in [3.63, 3.8) is 0 Å². The third kappa shape index (κ3) is 5.11. The number of amides is 3. The summed E-state index contributed by atoms with van der Waals surface area (Å²) in [7, 11) is 0. The molecule has 0 saturated heterocycles. The first-order chi connectivity index (χ1) is 8.59. The summed E-state index contributed by atoms with van der Waals surface area (Å²) in [6.07, 6.45) is 0.0116. The molecule has 0 aliphatic heterocycles. The summed E-state index contributed by atoms with van der Waals surface area (Å²) in [5.41, 5.74) is 5.80. The third-order valence-corrected chi connectivity index (χ3v) is 2.16. The van der Waals surface area contributed by atoms with Crippen molar-refractivity contribution in [3.8, 4) is 0 Å². The topological polar surface area (TPSA) is 101 Å². The van der Waals surface area contributed by atoms with Gasteiger partial charge in [0.2, 0.25) is 5.91 Å². The monoisotopic (exact) mass is 249 g/mol. The minimum absolute atomic E-state index is 0.0116. The minimum atomic E-state index is -0.771. The van der Waals surface area contributed by atoms with Crippen molar-refractivity contribution in [2.24, 2.45) is 5.73 Å². The summed E-state index contributed by atoms with van der Waals surface area (Å²) in [4.78, 5) is 33.1. The van der Waals surface area contributed by atoms with Crippen LogP contribution in [0.1, 0.15) is 12.0 Å². The van der Waals surface area contributed by atoms with Crippen molar-refractivity contribution in [1.29, 1.82) is 0 Å². The molecule has 1 aromatic rings. The number of hydrogen-bond donors (Lipinski definition) is 3. The Labute approximate surface area is 105 Å². The highest BCUT2D eigenvalue weighted by molar-refractivity contribution is 6.35. The largest absolute Gasteiger partial charge is 0.370 e. The summed E-state index contributed by atoms with van der Waals surface area (Å²) in [5.74, 6) is -2.03. The standard InChI is InChI=1S/C12H15N3O3/c13-10(16)6-7-14-11(17)12(18)15-8-9-4-2-1-3-5-9/h1-5H,6-8H2,(H2,13,16)(H,14,17)(H,15,18). The molecule has 0 saturated carbocycles. The fourth-order valence-electron chi connectivity index (χ4n) is 1.24. The summed E-state index contributed by atoms with van der Waals surface area (Å²) in [6.45, 7) is 0.343. The lowest BCUT2D eigenvalue weighted by molar-refractivity contribution is -0.139. The van der Waals surface area contributed by atoms with Crippen LogP contribution in [0, 0.1) is 0 Å². The lowest BCUT2D eigenvalue weighted by atomic mass is 10.2. The smallest absolute Gasteiger partial charge is 0.309 e. The molecular weight excluding hydrogens is 234 g/mol. The number of primary amides is 1. The van der Waals surface area contributed by atoms with E-state index < -0.39 is 17.7 Å². The molecular formula is C12H15N3O3. The molecule has 0 aliphatic rings. The Morgan fingerprint density at radius 1 is 1.00 bits per heavy atom. The molecule has 0 atom stereocenters. The molecule has 0 unspecified atom stereocenters. The molecule has 1 rings (SSSR count). The van der Waals surface area contributed by atoms with Crippen LogP contribution < -0.4 is 16.4 Å². The van der Waals surface area contributed by atoms with E-state index in [2.05, 4.69) is 10.6 Å². The van der Waals surface area contributed by atoms with Gasteiger partial charge in [-0.3, -0.25) is 14.4 Å². The molecule has 1 aromatic carbocycles. The first-order valence-corrected chi connectivity index (χ1v) is 5.48. The number of benzene rings is 1. The zero-order valence-corrected chi connectivity index (χ0v) is 9.81. The van der Waals surface area contributed by atoms with E-state index >= 15 is 0 Å². The molecule has 0 bridgehead atoms. The Hall–Kier alpha value is -2.37. The van der Waals surface area contributed by atoms with E-state index in [1.165, 1.54) is 0 Å². The Morgan fingerprint density at radius 3 is 2.22 bits per heavy atom. The molecule has 0 radical (unpaired) electrons. The second-order valence-corrected chi connectivity index (χ2v) is 3.64. The van der Waals surface area contributed by atoms with Gasteiger partial charge < -0.3 is 16.4 Å². The van der Waals surface area contributed by atoms with Crippen LogP contribution in [-0.2, 0) is 20.9 Å². The number of carbonyl (C=O) groups excluding carboxylic acids is 3. The van der Waals surface area contributed by atoms with Crippen molar-refractivity contribution in [1.82, 2.24) is 10.6 Å². The Morgan fingerprint density at radius 2 is 1.61 bits per heavy atom. The molecule has 0 fully saturated rings. The summed E-state index contributed by atoms with van der Waals surface area (Å²) in [6, 6.07) is 9.22. The highest BCUT2D eigenvalue weighted by Gasteiger charge is 2.12. The van der Waals surface area contributed by atoms with E-state index in [1.54, 1.807) is 0 Å². The highest BCUT2D eigenvalue weighted by Crippen LogP contribution is 1.96. The SMILES string of the molecule is NC(=O)CCNC(=O)C(=O)NCc1ccccc1. The third-order valence-electron chi connectivity index (χ3n) is 2.16. The highest BCUT2D eigenvalue weighted by atomic mass is 16.2. The van der Waals surface area contributed by atoms with Gasteiger partial charge in [-0.05, 0) is 5.56 Å². The summed E-state index contributed by atoms with van der Waals surface area (Å²) >= 11 is 0. The molecule has 96 valence electrons. The maximum atomic E-state index is 11.4. The van der Waals surface area contributed by atoms with Crippen LogP contribution in [0.5, 0.6) is 0 Å². The van der Waals surface area contributed by atoms with E-state index in [1.807, 2.05) is 30.3 Å². The van der Waals surface area contributed by atoms with E-state index in [0.717, 1.165) is 5.56 Å². The average molecular weight is 249 g/mol. The Balaban J connectivity index is 2.28. The number of hydrogen-bond acceptors (Lipinski definition) is 3. The summed E-state index contributed by atoms with van der Waals surface area (Å²) in [5, 5.41) is 4.77. The van der Waals surface area contributed by atoms with Gasteiger partial charge in [-0.25, -0.2) is 0 Å². The number of nitrogens with two attached hydrogens (primary N) is 1. The van der Waals surface area contributed by atoms with Crippen molar-refractivity contribution >= 4 is 17.7 Å². The summed E-state index contributed by atoms with van der Waals surface area (Å²) < 4.78 is 0. The van der Waals surface area contributed by atoms with Gasteiger partial charge in [-0.2, -0.15) is 0 Å². The number of nitrogens with one attached hydrogen (secondary N) is 2. The fourth-order valence-corrected chi connectivity index (χ4v) is 1.24. The van der Waals surface area contributed by atoms with Crippen LogP contribution in [-0.4, -0.2) is 24.3 Å². The predicted octanol–water partition coefficient (Wildman–Crippen LogP) is -0.706. The quantitative estimate of drug-likeness (QED) is 0.601. The van der Waals surface area contributed by atoms with Crippen LogP contribution in [0.25, 0.3) is 0 Å². The van der Waals surface area contributed by atoms with Crippen LogP contribution in [0.3, 0.4) is 0 Å². The first kappa shape index (κ1) is 13.7. The van der Waals surface area contributed by atoms with Gasteiger partial charge in [-0.15, -0.1) is 0 Å². The average Bonchev–Trinajstić information content (AvgIpc) is 2.36. The molecule has 0 heterocycles. The van der Waals surface area contributed by atoms with Crippen LogP contribution in [0.2, 0.25) is 0 Å².